The van der Waals surface area contributed by atoms with E-state index in [1.54, 1.807) is 41.9 Å². The Balaban J connectivity index is 1.36. The van der Waals surface area contributed by atoms with Crippen molar-refractivity contribution in [3.8, 4) is 0 Å². The molecule has 29 heavy (non-hydrogen) atoms. The predicted molar refractivity (Wildman–Crippen MR) is 113 cm³/mol. The van der Waals surface area contributed by atoms with Gasteiger partial charge in [0.25, 0.3) is 5.91 Å². The second-order valence-corrected chi connectivity index (χ2v) is 7.89. The van der Waals surface area contributed by atoms with E-state index in [4.69, 9.17) is 0 Å². The van der Waals surface area contributed by atoms with Crippen LogP contribution in [-0.2, 0) is 13.1 Å². The van der Waals surface area contributed by atoms with Crippen molar-refractivity contribution in [3.05, 3.63) is 88.3 Å². The molecule has 146 valence electrons. The van der Waals surface area contributed by atoms with Crippen LogP contribution < -0.4 is 10.6 Å². The zero-order chi connectivity index (χ0) is 20.2. The first-order chi connectivity index (χ1) is 14.1. The second-order valence-electron chi connectivity index (χ2n) is 6.66. The molecule has 7 heteroatoms. The zero-order valence-electron chi connectivity index (χ0n) is 15.8. The number of halogens is 1. The van der Waals surface area contributed by atoms with Crippen molar-refractivity contribution in [1.29, 1.82) is 0 Å². The number of benzene rings is 2. The van der Waals surface area contributed by atoms with E-state index in [0.29, 0.717) is 18.7 Å². The number of aryl methyl sites for hydroxylation is 1. The number of amides is 1. The molecule has 0 bridgehead atoms. The molecule has 0 spiro atoms. The minimum absolute atomic E-state index is 0.167. The first-order valence-corrected chi connectivity index (χ1v) is 9.97. The molecular weight excluding hydrogens is 387 g/mol. The molecule has 0 unspecified atom stereocenters. The van der Waals surface area contributed by atoms with E-state index in [2.05, 4.69) is 33.6 Å². The van der Waals surface area contributed by atoms with Gasteiger partial charge in [0, 0.05) is 23.5 Å². The number of thiophene rings is 1. The van der Waals surface area contributed by atoms with Gasteiger partial charge in [-0.3, -0.25) is 4.79 Å². The summed E-state index contributed by atoms with van der Waals surface area (Å²) in [6.45, 7) is 3.00. The molecule has 2 aromatic carbocycles. The molecule has 0 aliphatic rings. The summed E-state index contributed by atoms with van der Waals surface area (Å²) in [6, 6.07) is 15.6. The molecule has 0 aliphatic carbocycles. The Kier molecular flexibility index (Phi) is 5.48. The van der Waals surface area contributed by atoms with Gasteiger partial charge in [0.15, 0.2) is 0 Å². The van der Waals surface area contributed by atoms with Crippen LogP contribution in [0.2, 0.25) is 0 Å². The number of hydrogen-bond donors (Lipinski definition) is 2. The quantitative estimate of drug-likeness (QED) is 0.488. The van der Waals surface area contributed by atoms with Crippen LogP contribution in [0.25, 0.3) is 10.2 Å². The third kappa shape index (κ3) is 4.57. The fraction of sp³-hybridized carbons (Fsp3) is 0.136. The highest BCUT2D eigenvalue weighted by atomic mass is 32.1. The lowest BCUT2D eigenvalue weighted by atomic mass is 10.1. The van der Waals surface area contributed by atoms with E-state index in [1.807, 2.05) is 12.1 Å². The lowest BCUT2D eigenvalue weighted by Gasteiger charge is -2.08. The summed E-state index contributed by atoms with van der Waals surface area (Å²) in [6.07, 6.45) is 1.56. The summed E-state index contributed by atoms with van der Waals surface area (Å²) in [4.78, 5) is 23.1. The van der Waals surface area contributed by atoms with Crippen LogP contribution in [0.5, 0.6) is 0 Å². The van der Waals surface area contributed by atoms with Gasteiger partial charge in [-0.15, -0.1) is 11.3 Å². The minimum Gasteiger partial charge on any atom is -0.365 e. The number of anilines is 1. The summed E-state index contributed by atoms with van der Waals surface area (Å²) >= 11 is 1.64. The highest BCUT2D eigenvalue weighted by molar-refractivity contribution is 7.18. The van der Waals surface area contributed by atoms with E-state index in [1.165, 1.54) is 17.0 Å². The van der Waals surface area contributed by atoms with Crippen molar-refractivity contribution < 1.29 is 9.18 Å². The number of nitrogens with zero attached hydrogens (tertiary/aromatic N) is 2. The van der Waals surface area contributed by atoms with E-state index >= 15 is 0 Å². The SMILES string of the molecule is Cc1cc2c(NCc3ccc(C(=O)NCc4ccc(F)cc4)cc3)ncnc2s1. The van der Waals surface area contributed by atoms with E-state index in [9.17, 15) is 9.18 Å². The maximum Gasteiger partial charge on any atom is 0.251 e. The van der Waals surface area contributed by atoms with Crippen molar-refractivity contribution in [1.82, 2.24) is 15.3 Å². The highest BCUT2D eigenvalue weighted by Crippen LogP contribution is 2.27. The van der Waals surface area contributed by atoms with Gasteiger partial charge in [0.05, 0.1) is 5.39 Å². The Hall–Kier alpha value is -3.32. The van der Waals surface area contributed by atoms with Crippen LogP contribution in [0, 0.1) is 12.7 Å². The molecule has 1 amide bonds. The van der Waals surface area contributed by atoms with Gasteiger partial charge in [-0.05, 0) is 48.4 Å². The van der Waals surface area contributed by atoms with Crippen molar-refractivity contribution >= 4 is 33.3 Å². The largest absolute Gasteiger partial charge is 0.365 e. The molecule has 0 aliphatic heterocycles. The molecule has 4 aromatic rings. The lowest BCUT2D eigenvalue weighted by Crippen LogP contribution is -2.22. The summed E-state index contributed by atoms with van der Waals surface area (Å²) in [5.74, 6) is 0.349. The molecule has 5 nitrogen and oxygen atoms in total. The number of aromatic nitrogens is 2. The molecule has 2 aromatic heterocycles. The van der Waals surface area contributed by atoms with Crippen LogP contribution >= 0.6 is 11.3 Å². The summed E-state index contributed by atoms with van der Waals surface area (Å²) < 4.78 is 12.9. The minimum atomic E-state index is -0.291. The summed E-state index contributed by atoms with van der Waals surface area (Å²) in [5, 5.41) is 7.20. The molecule has 0 saturated carbocycles. The normalized spacial score (nSPS) is 10.8. The van der Waals surface area contributed by atoms with Crippen molar-refractivity contribution in [2.75, 3.05) is 5.32 Å². The smallest absolute Gasteiger partial charge is 0.251 e. The lowest BCUT2D eigenvalue weighted by molar-refractivity contribution is 0.0951. The summed E-state index contributed by atoms with van der Waals surface area (Å²) in [5.41, 5.74) is 2.47. The Morgan fingerprint density at radius 1 is 1.00 bits per heavy atom. The monoisotopic (exact) mass is 406 g/mol. The molecule has 2 heterocycles. The third-order valence-corrected chi connectivity index (χ3v) is 5.45. The predicted octanol–water partition coefficient (Wildman–Crippen LogP) is 4.68. The van der Waals surface area contributed by atoms with Gasteiger partial charge in [-0.2, -0.15) is 0 Å². The fourth-order valence-electron chi connectivity index (χ4n) is 2.96. The number of nitrogens with one attached hydrogen (secondary N) is 2. The maximum absolute atomic E-state index is 12.9. The Bertz CT molecular complexity index is 1140. The fourth-order valence-corrected chi connectivity index (χ4v) is 3.81. The average Bonchev–Trinajstić information content (AvgIpc) is 3.13. The number of carbonyl (C=O) groups excluding carboxylic acids is 1. The maximum atomic E-state index is 12.9. The average molecular weight is 406 g/mol. The first-order valence-electron chi connectivity index (χ1n) is 9.15. The highest BCUT2D eigenvalue weighted by Gasteiger charge is 2.08. The van der Waals surface area contributed by atoms with Crippen LogP contribution in [0.15, 0.2) is 60.9 Å². The van der Waals surface area contributed by atoms with E-state index in [-0.39, 0.29) is 11.7 Å². The van der Waals surface area contributed by atoms with Crippen molar-refractivity contribution in [3.63, 3.8) is 0 Å². The van der Waals surface area contributed by atoms with Gasteiger partial charge >= 0.3 is 0 Å². The summed E-state index contributed by atoms with van der Waals surface area (Å²) in [7, 11) is 0. The van der Waals surface area contributed by atoms with Crippen LogP contribution in [-0.4, -0.2) is 15.9 Å². The molecule has 4 rings (SSSR count). The van der Waals surface area contributed by atoms with Crippen molar-refractivity contribution in [2.45, 2.75) is 20.0 Å². The Labute approximate surface area is 171 Å². The standard InChI is InChI=1S/C22H19FN4OS/c1-14-10-19-20(26-13-27-22(19)29-14)24-11-15-2-6-17(7-3-15)21(28)25-12-16-4-8-18(23)9-5-16/h2-10,13H,11-12H2,1H3,(H,25,28)(H,24,26,27). The van der Waals surface area contributed by atoms with E-state index < -0.39 is 0 Å². The van der Waals surface area contributed by atoms with Gasteiger partial charge in [0.1, 0.15) is 22.8 Å². The van der Waals surface area contributed by atoms with Gasteiger partial charge in [0.2, 0.25) is 0 Å². The Morgan fingerprint density at radius 2 is 1.69 bits per heavy atom. The topological polar surface area (TPSA) is 66.9 Å². The number of carbonyl (C=O) groups is 1. The number of rotatable bonds is 6. The Morgan fingerprint density at radius 3 is 2.45 bits per heavy atom. The van der Waals surface area contributed by atoms with Crippen LogP contribution in [0.1, 0.15) is 26.4 Å². The molecule has 0 saturated heterocycles. The molecule has 0 atom stereocenters. The first kappa shape index (κ1) is 19.0. The molecule has 0 radical (unpaired) electrons. The van der Waals surface area contributed by atoms with Gasteiger partial charge in [-0.1, -0.05) is 24.3 Å². The zero-order valence-corrected chi connectivity index (χ0v) is 16.6. The number of hydrogen-bond acceptors (Lipinski definition) is 5. The number of fused-ring (bicyclic) bond motifs is 1. The van der Waals surface area contributed by atoms with Crippen LogP contribution in [0.4, 0.5) is 10.2 Å². The van der Waals surface area contributed by atoms with Gasteiger partial charge < -0.3 is 10.6 Å². The second kappa shape index (κ2) is 8.36. The van der Waals surface area contributed by atoms with E-state index in [0.717, 1.165) is 27.2 Å². The molecule has 2 N–H and O–H groups in total. The third-order valence-electron chi connectivity index (χ3n) is 4.50. The molecule has 0 fully saturated rings. The van der Waals surface area contributed by atoms with Gasteiger partial charge in [-0.25, -0.2) is 14.4 Å². The van der Waals surface area contributed by atoms with Crippen LogP contribution in [0.3, 0.4) is 0 Å². The van der Waals surface area contributed by atoms with Crippen molar-refractivity contribution in [2.24, 2.45) is 0 Å². The molecular formula is C22H19FN4OS.